The summed E-state index contributed by atoms with van der Waals surface area (Å²) in [5, 5.41) is 0. The Morgan fingerprint density at radius 3 is 1.64 bits per heavy atom. The lowest BCUT2D eigenvalue weighted by atomic mass is 9.43. The number of nitrogens with zero attached hydrogens (tertiary/aromatic N) is 1. The maximum Gasteiger partial charge on any atom is 0.0540 e. The first-order valence-corrected chi connectivity index (χ1v) is 22.7. The summed E-state index contributed by atoms with van der Waals surface area (Å²) in [5.41, 5.74) is 21.1. The zero-order valence-electron chi connectivity index (χ0n) is 33.9. The van der Waals surface area contributed by atoms with E-state index in [9.17, 15) is 0 Å². The molecule has 1 nitrogen and oxygen atoms in total. The fraction of sp³-hybridized carbons (Fsp3) is 0.276. The van der Waals surface area contributed by atoms with Crippen molar-refractivity contribution in [3.8, 4) is 44.5 Å². The van der Waals surface area contributed by atoms with Crippen molar-refractivity contribution >= 4 is 17.1 Å². The smallest absolute Gasteiger partial charge is 0.0540 e. The highest BCUT2D eigenvalue weighted by molar-refractivity contribution is 5.93. The van der Waals surface area contributed by atoms with E-state index < -0.39 is 0 Å². The fourth-order valence-corrected chi connectivity index (χ4v) is 14.4. The summed E-state index contributed by atoms with van der Waals surface area (Å²) in [6.07, 6.45) is 13.4. The summed E-state index contributed by atoms with van der Waals surface area (Å²) >= 11 is 0. The molecule has 0 atom stereocenters. The highest BCUT2D eigenvalue weighted by Gasteiger charge is 2.61. The first-order chi connectivity index (χ1) is 29.2. The van der Waals surface area contributed by atoms with Gasteiger partial charge in [-0.05, 0) is 166 Å². The highest BCUT2D eigenvalue weighted by Crippen LogP contribution is 2.70. The summed E-state index contributed by atoms with van der Waals surface area (Å²) in [6.45, 7) is 0. The van der Waals surface area contributed by atoms with Gasteiger partial charge in [-0.3, -0.25) is 0 Å². The Bertz CT molecular complexity index is 2760. The minimum atomic E-state index is 0.0827. The quantitative estimate of drug-likeness (QED) is 0.169. The molecule has 0 heterocycles. The molecule has 7 aliphatic rings. The molecule has 0 aliphatic heterocycles. The number of para-hydroxylation sites is 1. The van der Waals surface area contributed by atoms with Crippen molar-refractivity contribution in [2.75, 3.05) is 4.90 Å². The first-order valence-electron chi connectivity index (χ1n) is 22.7. The van der Waals surface area contributed by atoms with Crippen LogP contribution in [0, 0.1) is 23.7 Å². The van der Waals surface area contributed by atoms with E-state index in [1.54, 1.807) is 16.7 Å². The van der Waals surface area contributed by atoms with Crippen molar-refractivity contribution in [3.63, 3.8) is 0 Å². The molecule has 7 aliphatic carbocycles. The number of hydrogen-bond acceptors (Lipinski definition) is 1. The molecule has 5 saturated carbocycles. The molecular formula is C58H51N. The van der Waals surface area contributed by atoms with Crippen molar-refractivity contribution in [2.45, 2.75) is 75.0 Å². The van der Waals surface area contributed by atoms with Gasteiger partial charge in [0.15, 0.2) is 0 Å². The third kappa shape index (κ3) is 4.85. The molecule has 1 heteroatoms. The Hall–Kier alpha value is -5.66. The summed E-state index contributed by atoms with van der Waals surface area (Å²) in [5.74, 6) is 3.28. The van der Waals surface area contributed by atoms with E-state index in [4.69, 9.17) is 0 Å². The van der Waals surface area contributed by atoms with Crippen LogP contribution in [0.3, 0.4) is 0 Å². The summed E-state index contributed by atoms with van der Waals surface area (Å²) in [7, 11) is 0. The summed E-state index contributed by atoms with van der Waals surface area (Å²) in [4.78, 5) is 2.65. The zero-order chi connectivity index (χ0) is 38.7. The molecule has 0 aromatic heterocycles. The van der Waals surface area contributed by atoms with Gasteiger partial charge in [-0.15, -0.1) is 0 Å². The van der Waals surface area contributed by atoms with Gasteiger partial charge in [0.1, 0.15) is 0 Å². The predicted molar refractivity (Wildman–Crippen MR) is 245 cm³/mol. The van der Waals surface area contributed by atoms with Crippen LogP contribution in [0.25, 0.3) is 44.5 Å². The molecule has 0 saturated heterocycles. The van der Waals surface area contributed by atoms with Crippen molar-refractivity contribution in [1.29, 1.82) is 0 Å². The van der Waals surface area contributed by atoms with E-state index in [-0.39, 0.29) is 10.8 Å². The molecule has 5 fully saturated rings. The SMILES string of the molecule is c1ccc(-c2cccc(-c3ccccc3N(c3ccc4c(c3)C3(CCCCC3)c3ccccc3-4)c3ccc4c(c3)C3(c5ccccc5-4)C4CC5CC(C4)CC3C5)c2)cc1. The van der Waals surface area contributed by atoms with Crippen LogP contribution in [-0.2, 0) is 10.8 Å². The summed E-state index contributed by atoms with van der Waals surface area (Å²) in [6, 6.07) is 63.3. The molecule has 7 aromatic rings. The number of fused-ring (bicyclic) bond motifs is 8. The van der Waals surface area contributed by atoms with Gasteiger partial charge in [0.25, 0.3) is 0 Å². The Kier molecular flexibility index (Phi) is 7.49. The second-order valence-electron chi connectivity index (χ2n) is 19.2. The molecule has 0 amide bonds. The first kappa shape index (κ1) is 34.2. The van der Waals surface area contributed by atoms with E-state index in [0.717, 1.165) is 23.7 Å². The molecule has 4 bridgehead atoms. The van der Waals surface area contributed by atoms with Crippen LogP contribution in [0.5, 0.6) is 0 Å². The third-order valence-corrected chi connectivity index (χ3v) is 16.4. The molecule has 288 valence electrons. The van der Waals surface area contributed by atoms with Crippen molar-refractivity contribution < 1.29 is 0 Å². The normalized spacial score (nSPS) is 24.8. The average molecular weight is 762 g/mol. The van der Waals surface area contributed by atoms with Gasteiger partial charge >= 0.3 is 0 Å². The molecule has 2 spiro atoms. The largest absolute Gasteiger partial charge is 0.310 e. The molecule has 0 radical (unpaired) electrons. The van der Waals surface area contributed by atoms with Crippen molar-refractivity contribution in [2.24, 2.45) is 23.7 Å². The third-order valence-electron chi connectivity index (χ3n) is 16.4. The van der Waals surface area contributed by atoms with Crippen LogP contribution >= 0.6 is 0 Å². The van der Waals surface area contributed by atoms with E-state index in [1.165, 1.54) is 131 Å². The van der Waals surface area contributed by atoms with Crippen molar-refractivity contribution in [3.05, 3.63) is 186 Å². The van der Waals surface area contributed by atoms with Crippen LogP contribution in [0.4, 0.5) is 17.1 Å². The maximum atomic E-state index is 2.69. The monoisotopic (exact) mass is 761 g/mol. The van der Waals surface area contributed by atoms with Crippen LogP contribution in [0.1, 0.15) is 86.5 Å². The Morgan fingerprint density at radius 2 is 0.915 bits per heavy atom. The number of hydrogen-bond donors (Lipinski definition) is 0. The maximum absolute atomic E-state index is 2.69. The van der Waals surface area contributed by atoms with Crippen molar-refractivity contribution in [1.82, 2.24) is 0 Å². The Balaban J connectivity index is 1.04. The van der Waals surface area contributed by atoms with Crippen LogP contribution in [-0.4, -0.2) is 0 Å². The topological polar surface area (TPSA) is 3.24 Å². The molecule has 0 unspecified atom stereocenters. The lowest BCUT2D eigenvalue weighted by Crippen LogP contribution is -2.55. The lowest BCUT2D eigenvalue weighted by molar-refractivity contribution is -0.0399. The number of rotatable bonds is 5. The number of benzene rings is 7. The standard InChI is InChI=1S/C58H51N/c1-3-14-40(15-4-1)41-16-13-17-42(35-41)47-18-7-10-23-56(47)59(45-24-26-50-48-19-5-8-21-52(48)57(54(50)36-45)28-11-2-12-29-57)46-25-27-51-49-20-6-9-22-53(49)58(55(51)37-46)43-31-38-30-39(33-43)34-44(58)32-38/h1,3-10,13-27,35-39,43-44H,2,11-12,28-34H2. The Morgan fingerprint density at radius 1 is 0.373 bits per heavy atom. The van der Waals surface area contributed by atoms with Gasteiger partial charge in [0.2, 0.25) is 0 Å². The highest BCUT2D eigenvalue weighted by atomic mass is 15.1. The van der Waals surface area contributed by atoms with Crippen LogP contribution in [0.2, 0.25) is 0 Å². The molecule has 14 rings (SSSR count). The van der Waals surface area contributed by atoms with Crippen LogP contribution in [0.15, 0.2) is 164 Å². The lowest BCUT2D eigenvalue weighted by Gasteiger charge is -2.61. The van der Waals surface area contributed by atoms with Gasteiger partial charge in [-0.2, -0.15) is 0 Å². The predicted octanol–water partition coefficient (Wildman–Crippen LogP) is 15.4. The molecular weight excluding hydrogens is 711 g/mol. The number of anilines is 3. The van der Waals surface area contributed by atoms with Crippen LogP contribution < -0.4 is 4.90 Å². The van der Waals surface area contributed by atoms with Gasteiger partial charge in [-0.25, -0.2) is 0 Å². The van der Waals surface area contributed by atoms with Gasteiger partial charge < -0.3 is 4.90 Å². The summed E-state index contributed by atoms with van der Waals surface area (Å²) < 4.78 is 0. The van der Waals surface area contributed by atoms with Gasteiger partial charge in [0.05, 0.1) is 5.69 Å². The zero-order valence-corrected chi connectivity index (χ0v) is 33.9. The molecule has 59 heavy (non-hydrogen) atoms. The van der Waals surface area contributed by atoms with Gasteiger partial charge in [-0.1, -0.05) is 147 Å². The van der Waals surface area contributed by atoms with E-state index in [1.807, 2.05) is 0 Å². The molecule has 0 N–H and O–H groups in total. The second kappa shape index (κ2) is 12.9. The van der Waals surface area contributed by atoms with E-state index in [2.05, 4.69) is 169 Å². The van der Waals surface area contributed by atoms with Gasteiger partial charge in [0, 0.05) is 27.8 Å². The van der Waals surface area contributed by atoms with E-state index >= 15 is 0 Å². The molecule has 7 aromatic carbocycles. The average Bonchev–Trinajstić information content (AvgIpc) is 3.73. The van der Waals surface area contributed by atoms with E-state index in [0.29, 0.717) is 0 Å². The second-order valence-corrected chi connectivity index (χ2v) is 19.2. The minimum absolute atomic E-state index is 0.0827. The fourth-order valence-electron chi connectivity index (χ4n) is 14.4. The minimum Gasteiger partial charge on any atom is -0.310 e. The Labute approximate surface area is 349 Å².